The molecule has 3 aromatic carbocycles. The molecular formula is C25H23NO5. The monoisotopic (exact) mass is 417 g/mol. The van der Waals surface area contributed by atoms with Crippen molar-refractivity contribution >= 4 is 11.9 Å². The number of ether oxygens (including phenoxy) is 1. The molecule has 0 unspecified atom stereocenters. The van der Waals surface area contributed by atoms with Crippen LogP contribution in [0, 0.1) is 0 Å². The Morgan fingerprint density at radius 1 is 1.00 bits per heavy atom. The maximum Gasteiger partial charge on any atom is 0.313 e. The van der Waals surface area contributed by atoms with Crippen molar-refractivity contribution in [3.8, 4) is 11.5 Å². The largest absolute Gasteiger partial charge is 0.507 e. The number of amides is 1. The second-order valence-electron chi connectivity index (χ2n) is 7.42. The first-order chi connectivity index (χ1) is 15.0. The molecule has 4 rings (SSSR count). The number of carbonyl (C=O) groups excluding carboxylic acids is 1. The minimum Gasteiger partial charge on any atom is -0.507 e. The van der Waals surface area contributed by atoms with Crippen molar-refractivity contribution in [3.05, 3.63) is 95.1 Å². The highest BCUT2D eigenvalue weighted by Crippen LogP contribution is 2.46. The molecule has 0 aromatic heterocycles. The first-order valence-electron chi connectivity index (χ1n) is 10.1. The van der Waals surface area contributed by atoms with E-state index in [-0.39, 0.29) is 18.2 Å². The van der Waals surface area contributed by atoms with Crippen LogP contribution in [0.3, 0.4) is 0 Å². The zero-order chi connectivity index (χ0) is 22.0. The molecule has 6 nitrogen and oxygen atoms in total. The van der Waals surface area contributed by atoms with Gasteiger partial charge in [0.1, 0.15) is 17.4 Å². The van der Waals surface area contributed by atoms with Crippen molar-refractivity contribution < 1.29 is 24.5 Å². The van der Waals surface area contributed by atoms with E-state index in [2.05, 4.69) is 0 Å². The van der Waals surface area contributed by atoms with E-state index in [0.29, 0.717) is 29.0 Å². The Kier molecular flexibility index (Phi) is 5.62. The second kappa shape index (κ2) is 8.52. The van der Waals surface area contributed by atoms with E-state index in [4.69, 9.17) is 4.74 Å². The number of benzene rings is 3. The highest BCUT2D eigenvalue weighted by Gasteiger charge is 2.45. The zero-order valence-electron chi connectivity index (χ0n) is 17.1. The lowest BCUT2D eigenvalue weighted by atomic mass is 9.79. The minimum atomic E-state index is -1.06. The van der Waals surface area contributed by atoms with Crippen LogP contribution in [0.5, 0.6) is 11.5 Å². The lowest BCUT2D eigenvalue weighted by Gasteiger charge is -2.41. The molecule has 0 radical (unpaired) electrons. The number of fused-ring (bicyclic) bond motifs is 1. The quantitative estimate of drug-likeness (QED) is 0.622. The SMILES string of the molecule is CCOc1ccc([C@@H]2[C@H](C(=O)O)c3ccccc3C(=O)N2Cc2ccccc2)c(O)c1. The van der Waals surface area contributed by atoms with E-state index < -0.39 is 17.9 Å². The Hall–Kier alpha value is -3.80. The van der Waals surface area contributed by atoms with Crippen LogP contribution in [0.2, 0.25) is 0 Å². The number of carboxylic acids is 1. The summed E-state index contributed by atoms with van der Waals surface area (Å²) in [5.74, 6) is -1.98. The minimum absolute atomic E-state index is 0.104. The first-order valence-corrected chi connectivity index (χ1v) is 10.1. The smallest absolute Gasteiger partial charge is 0.313 e. The molecule has 0 fully saturated rings. The summed E-state index contributed by atoms with van der Waals surface area (Å²) in [6.07, 6.45) is 0. The standard InChI is InChI=1S/C25H23NO5/c1-2-31-17-12-13-20(21(27)14-17)23-22(25(29)30)18-10-6-7-11-19(18)24(28)26(23)15-16-8-4-3-5-9-16/h3-14,22-23,27H,2,15H2,1H3,(H,29,30)/t22-,23-/m1/s1. The molecule has 3 aromatic rings. The van der Waals surface area contributed by atoms with E-state index in [1.807, 2.05) is 37.3 Å². The van der Waals surface area contributed by atoms with Crippen LogP contribution in [0.1, 0.15) is 45.9 Å². The van der Waals surface area contributed by atoms with E-state index in [9.17, 15) is 19.8 Å². The molecule has 0 spiro atoms. The summed E-state index contributed by atoms with van der Waals surface area (Å²) >= 11 is 0. The van der Waals surface area contributed by atoms with Crippen LogP contribution in [0.15, 0.2) is 72.8 Å². The Bertz CT molecular complexity index is 1110. The van der Waals surface area contributed by atoms with Gasteiger partial charge in [-0.1, -0.05) is 48.5 Å². The van der Waals surface area contributed by atoms with Crippen LogP contribution < -0.4 is 4.74 Å². The summed E-state index contributed by atoms with van der Waals surface area (Å²) in [6.45, 7) is 2.49. The van der Waals surface area contributed by atoms with Gasteiger partial charge in [-0.25, -0.2) is 0 Å². The third kappa shape index (κ3) is 3.84. The van der Waals surface area contributed by atoms with Crippen LogP contribution in [0.25, 0.3) is 0 Å². The van der Waals surface area contributed by atoms with Gasteiger partial charge in [-0.05, 0) is 36.2 Å². The third-order valence-electron chi connectivity index (χ3n) is 5.53. The van der Waals surface area contributed by atoms with Crippen LogP contribution in [-0.4, -0.2) is 33.6 Å². The fourth-order valence-corrected chi connectivity index (χ4v) is 4.19. The number of aliphatic carboxylic acids is 1. The molecule has 2 atom stereocenters. The molecule has 0 saturated carbocycles. The fraction of sp³-hybridized carbons (Fsp3) is 0.200. The summed E-state index contributed by atoms with van der Waals surface area (Å²) in [5, 5.41) is 20.9. The number of phenols is 1. The molecule has 1 amide bonds. The second-order valence-corrected chi connectivity index (χ2v) is 7.42. The van der Waals surface area contributed by atoms with Crippen molar-refractivity contribution in [3.63, 3.8) is 0 Å². The average molecular weight is 417 g/mol. The van der Waals surface area contributed by atoms with E-state index in [1.165, 1.54) is 11.0 Å². The van der Waals surface area contributed by atoms with Gasteiger partial charge in [-0.3, -0.25) is 9.59 Å². The van der Waals surface area contributed by atoms with Crippen LogP contribution >= 0.6 is 0 Å². The number of rotatable bonds is 6. The Balaban J connectivity index is 1.88. The predicted octanol–water partition coefficient (Wildman–Crippen LogP) is 4.36. The van der Waals surface area contributed by atoms with Gasteiger partial charge in [0.05, 0.1) is 12.6 Å². The van der Waals surface area contributed by atoms with E-state index in [1.54, 1.807) is 36.4 Å². The topological polar surface area (TPSA) is 87.1 Å². The molecular weight excluding hydrogens is 394 g/mol. The first kappa shape index (κ1) is 20.5. The van der Waals surface area contributed by atoms with Crippen molar-refractivity contribution in [1.82, 2.24) is 4.90 Å². The summed E-state index contributed by atoms with van der Waals surface area (Å²) in [5.41, 5.74) is 2.06. The molecule has 0 bridgehead atoms. The van der Waals surface area contributed by atoms with Gasteiger partial charge >= 0.3 is 5.97 Å². The lowest BCUT2D eigenvalue weighted by molar-refractivity contribution is -0.140. The summed E-state index contributed by atoms with van der Waals surface area (Å²) in [6, 6.07) is 20.1. The fourth-order valence-electron chi connectivity index (χ4n) is 4.19. The van der Waals surface area contributed by atoms with E-state index >= 15 is 0 Å². The van der Waals surface area contributed by atoms with Gasteiger partial charge in [0.2, 0.25) is 0 Å². The number of phenolic OH excluding ortho intramolecular Hbond substituents is 1. The van der Waals surface area contributed by atoms with Crippen molar-refractivity contribution in [2.45, 2.75) is 25.4 Å². The number of hydrogen-bond donors (Lipinski definition) is 2. The zero-order valence-corrected chi connectivity index (χ0v) is 17.1. The van der Waals surface area contributed by atoms with Gasteiger partial charge in [-0.15, -0.1) is 0 Å². The molecule has 31 heavy (non-hydrogen) atoms. The van der Waals surface area contributed by atoms with Crippen molar-refractivity contribution in [2.75, 3.05) is 6.61 Å². The predicted molar refractivity (Wildman–Crippen MR) is 115 cm³/mol. The summed E-state index contributed by atoms with van der Waals surface area (Å²) in [7, 11) is 0. The van der Waals surface area contributed by atoms with Gasteiger partial charge in [0.15, 0.2) is 0 Å². The molecule has 0 saturated heterocycles. The van der Waals surface area contributed by atoms with Gasteiger partial charge < -0.3 is 19.8 Å². The number of carboxylic acid groups (broad SMARTS) is 1. The van der Waals surface area contributed by atoms with Crippen molar-refractivity contribution in [2.24, 2.45) is 0 Å². The molecule has 2 N–H and O–H groups in total. The van der Waals surface area contributed by atoms with Gasteiger partial charge in [0, 0.05) is 23.7 Å². The summed E-state index contributed by atoms with van der Waals surface area (Å²) in [4.78, 5) is 27.5. The normalized spacial score (nSPS) is 17.8. The average Bonchev–Trinajstić information content (AvgIpc) is 2.76. The molecule has 0 aliphatic carbocycles. The van der Waals surface area contributed by atoms with Crippen LogP contribution in [-0.2, 0) is 11.3 Å². The van der Waals surface area contributed by atoms with Crippen LogP contribution in [0.4, 0.5) is 0 Å². The van der Waals surface area contributed by atoms with Gasteiger partial charge in [-0.2, -0.15) is 0 Å². The third-order valence-corrected chi connectivity index (χ3v) is 5.53. The highest BCUT2D eigenvalue weighted by molar-refractivity contribution is 6.00. The Labute approximate surface area is 180 Å². The lowest BCUT2D eigenvalue weighted by Crippen LogP contribution is -2.44. The highest BCUT2D eigenvalue weighted by atomic mass is 16.5. The molecule has 6 heteroatoms. The number of aromatic hydroxyl groups is 1. The van der Waals surface area contributed by atoms with E-state index in [0.717, 1.165) is 5.56 Å². The molecule has 1 heterocycles. The number of carbonyl (C=O) groups is 2. The number of nitrogens with zero attached hydrogens (tertiary/aromatic N) is 1. The molecule has 1 aliphatic heterocycles. The van der Waals surface area contributed by atoms with Gasteiger partial charge in [0.25, 0.3) is 5.91 Å². The van der Waals surface area contributed by atoms with Crippen molar-refractivity contribution in [1.29, 1.82) is 0 Å². The number of hydrogen-bond acceptors (Lipinski definition) is 4. The maximum absolute atomic E-state index is 13.5. The molecule has 1 aliphatic rings. The summed E-state index contributed by atoms with van der Waals surface area (Å²) < 4.78 is 5.45. The Morgan fingerprint density at radius 2 is 1.71 bits per heavy atom. The molecule has 158 valence electrons. The Morgan fingerprint density at radius 3 is 2.39 bits per heavy atom. The maximum atomic E-state index is 13.5.